The molecule has 2 aromatic heterocycles. The van der Waals surface area contributed by atoms with Gasteiger partial charge in [0.1, 0.15) is 5.82 Å². The van der Waals surface area contributed by atoms with Crippen LogP contribution in [-0.2, 0) is 4.74 Å². The molecule has 5 rings (SSSR count). The molecular weight excluding hydrogens is 454 g/mol. The Morgan fingerprint density at radius 3 is 2.47 bits per heavy atom. The van der Waals surface area contributed by atoms with Crippen LogP contribution in [0.1, 0.15) is 10.4 Å². The summed E-state index contributed by atoms with van der Waals surface area (Å²) in [7, 11) is 1.32. The van der Waals surface area contributed by atoms with Crippen LogP contribution in [0.3, 0.4) is 0 Å². The summed E-state index contributed by atoms with van der Waals surface area (Å²) in [5, 5.41) is 0.931. The number of halogens is 1. The zero-order valence-electron chi connectivity index (χ0n) is 18.5. The Hall–Kier alpha value is -3.91. The minimum absolute atomic E-state index is 0.231. The second kappa shape index (κ2) is 9.15. The monoisotopic (exact) mass is 475 g/mol. The smallest absolute Gasteiger partial charge is 0.337 e. The summed E-state index contributed by atoms with van der Waals surface area (Å²) < 4.78 is 6.42. The van der Waals surface area contributed by atoms with Crippen LogP contribution in [0.4, 0.5) is 11.8 Å². The van der Waals surface area contributed by atoms with E-state index in [1.165, 1.54) is 7.11 Å². The van der Waals surface area contributed by atoms with Gasteiger partial charge in [0, 0.05) is 37.4 Å². The van der Waals surface area contributed by atoms with Crippen molar-refractivity contribution in [3.8, 4) is 5.69 Å². The first-order valence-corrected chi connectivity index (χ1v) is 11.2. The van der Waals surface area contributed by atoms with Gasteiger partial charge in [0.15, 0.2) is 0 Å². The normalized spacial score (nSPS) is 13.8. The Morgan fingerprint density at radius 2 is 1.76 bits per heavy atom. The van der Waals surface area contributed by atoms with Gasteiger partial charge < -0.3 is 14.5 Å². The van der Waals surface area contributed by atoms with E-state index in [9.17, 15) is 9.59 Å². The minimum Gasteiger partial charge on any atom is -0.465 e. The number of benzene rings is 2. The van der Waals surface area contributed by atoms with Crippen LogP contribution in [0, 0.1) is 0 Å². The topological polar surface area (TPSA) is 80.6 Å². The fourth-order valence-electron chi connectivity index (χ4n) is 4.16. The number of methoxy groups -OCH3 is 1. The van der Waals surface area contributed by atoms with Gasteiger partial charge in [-0.25, -0.2) is 19.3 Å². The highest BCUT2D eigenvalue weighted by Gasteiger charge is 2.24. The standard InChI is InChI=1S/C25H22ClN5O3/c1-34-24(33)17-8-9-20-21(15-17)28-25(31(23(20)32)19-6-4-5-18(26)16-19)30-13-11-29(12-14-30)22-7-2-3-10-27-22/h2-10,15-16H,11-14H2,1H3. The highest BCUT2D eigenvalue weighted by atomic mass is 35.5. The number of hydrogen-bond acceptors (Lipinski definition) is 7. The van der Waals surface area contributed by atoms with Gasteiger partial charge in [-0.2, -0.15) is 0 Å². The number of nitrogens with zero attached hydrogens (tertiary/aromatic N) is 5. The highest BCUT2D eigenvalue weighted by molar-refractivity contribution is 6.30. The van der Waals surface area contributed by atoms with Crippen molar-refractivity contribution in [2.75, 3.05) is 43.1 Å². The van der Waals surface area contributed by atoms with Crippen LogP contribution < -0.4 is 15.4 Å². The molecule has 8 nitrogen and oxygen atoms in total. The molecule has 9 heteroatoms. The molecule has 1 fully saturated rings. The maximum atomic E-state index is 13.7. The summed E-state index contributed by atoms with van der Waals surface area (Å²) in [6.45, 7) is 2.74. The third-order valence-electron chi connectivity index (χ3n) is 5.87. The average Bonchev–Trinajstić information content (AvgIpc) is 2.88. The lowest BCUT2D eigenvalue weighted by atomic mass is 10.1. The van der Waals surface area contributed by atoms with E-state index in [4.69, 9.17) is 21.3 Å². The summed E-state index contributed by atoms with van der Waals surface area (Å²) in [6, 6.07) is 17.8. The SMILES string of the molecule is COC(=O)c1ccc2c(=O)n(-c3cccc(Cl)c3)c(N3CCN(c4ccccn4)CC3)nc2c1. The van der Waals surface area contributed by atoms with Gasteiger partial charge in [-0.05, 0) is 48.5 Å². The Labute approximate surface area is 201 Å². The largest absolute Gasteiger partial charge is 0.465 e. The number of hydrogen-bond donors (Lipinski definition) is 0. The first kappa shape index (κ1) is 21.9. The molecule has 2 aromatic carbocycles. The summed E-state index contributed by atoms with van der Waals surface area (Å²) in [5.41, 5.74) is 1.18. The van der Waals surface area contributed by atoms with Crippen LogP contribution >= 0.6 is 11.6 Å². The van der Waals surface area contributed by atoms with Crippen molar-refractivity contribution < 1.29 is 9.53 Å². The number of carbonyl (C=O) groups excluding carboxylic acids is 1. The molecule has 0 saturated carbocycles. The number of esters is 1. The Balaban J connectivity index is 1.60. The van der Waals surface area contributed by atoms with Gasteiger partial charge in [-0.3, -0.25) is 4.79 Å². The van der Waals surface area contributed by atoms with E-state index in [2.05, 4.69) is 14.8 Å². The van der Waals surface area contributed by atoms with Crippen molar-refractivity contribution in [2.45, 2.75) is 0 Å². The lowest BCUT2D eigenvalue weighted by molar-refractivity contribution is 0.0601. The molecule has 0 aliphatic carbocycles. The van der Waals surface area contributed by atoms with Gasteiger partial charge in [-0.1, -0.05) is 23.7 Å². The van der Waals surface area contributed by atoms with Crippen LogP contribution in [0.15, 0.2) is 71.7 Å². The summed E-state index contributed by atoms with van der Waals surface area (Å²) in [6.07, 6.45) is 1.78. The number of anilines is 2. The van der Waals surface area contributed by atoms with Gasteiger partial charge in [0.25, 0.3) is 5.56 Å². The highest BCUT2D eigenvalue weighted by Crippen LogP contribution is 2.24. The lowest BCUT2D eigenvalue weighted by Gasteiger charge is -2.36. The zero-order chi connectivity index (χ0) is 23.7. The van der Waals surface area contributed by atoms with Crippen molar-refractivity contribution in [3.05, 3.63) is 87.8 Å². The van der Waals surface area contributed by atoms with E-state index >= 15 is 0 Å². The number of aromatic nitrogens is 3. The van der Waals surface area contributed by atoms with Gasteiger partial charge >= 0.3 is 5.97 Å². The molecule has 172 valence electrons. The molecule has 0 radical (unpaired) electrons. The fraction of sp³-hybridized carbons (Fsp3) is 0.200. The summed E-state index contributed by atoms with van der Waals surface area (Å²) in [5.74, 6) is 0.944. The van der Waals surface area contributed by atoms with Gasteiger partial charge in [-0.15, -0.1) is 0 Å². The van der Waals surface area contributed by atoms with E-state index < -0.39 is 5.97 Å². The van der Waals surface area contributed by atoms with Crippen molar-refractivity contribution >= 4 is 40.2 Å². The Kier molecular flexibility index (Phi) is 5.90. The molecule has 0 atom stereocenters. The van der Waals surface area contributed by atoms with E-state index in [1.54, 1.807) is 47.2 Å². The predicted octanol–water partition coefficient (Wildman–Crippen LogP) is 3.55. The summed E-state index contributed by atoms with van der Waals surface area (Å²) in [4.78, 5) is 39.3. The molecule has 3 heterocycles. The van der Waals surface area contributed by atoms with E-state index in [1.807, 2.05) is 24.3 Å². The molecule has 0 N–H and O–H groups in total. The number of fused-ring (bicyclic) bond motifs is 1. The quantitative estimate of drug-likeness (QED) is 0.417. The molecule has 0 unspecified atom stereocenters. The first-order chi connectivity index (χ1) is 16.5. The van der Waals surface area contributed by atoms with Crippen LogP contribution in [0.25, 0.3) is 16.6 Å². The number of ether oxygens (including phenoxy) is 1. The molecule has 4 aromatic rings. The third kappa shape index (κ3) is 4.08. The molecule has 1 aliphatic heterocycles. The molecule has 0 amide bonds. The van der Waals surface area contributed by atoms with Crippen molar-refractivity contribution in [2.24, 2.45) is 0 Å². The maximum absolute atomic E-state index is 13.7. The van der Waals surface area contributed by atoms with E-state index in [-0.39, 0.29) is 5.56 Å². The molecule has 1 saturated heterocycles. The number of rotatable bonds is 4. The van der Waals surface area contributed by atoms with Crippen molar-refractivity contribution in [1.82, 2.24) is 14.5 Å². The predicted molar refractivity (Wildman–Crippen MR) is 132 cm³/mol. The third-order valence-corrected chi connectivity index (χ3v) is 6.11. The number of pyridine rings is 1. The van der Waals surface area contributed by atoms with E-state index in [0.717, 1.165) is 18.9 Å². The number of carbonyl (C=O) groups is 1. The fourth-order valence-corrected chi connectivity index (χ4v) is 4.34. The Bertz CT molecular complexity index is 1420. The molecule has 34 heavy (non-hydrogen) atoms. The molecule has 1 aliphatic rings. The van der Waals surface area contributed by atoms with E-state index in [0.29, 0.717) is 46.2 Å². The van der Waals surface area contributed by atoms with Crippen LogP contribution in [0.2, 0.25) is 5.02 Å². The van der Waals surface area contributed by atoms with Crippen LogP contribution in [-0.4, -0.2) is 53.8 Å². The molecule has 0 bridgehead atoms. The lowest BCUT2D eigenvalue weighted by Crippen LogP contribution is -2.48. The average molecular weight is 476 g/mol. The second-order valence-electron chi connectivity index (χ2n) is 7.92. The Morgan fingerprint density at radius 1 is 0.971 bits per heavy atom. The summed E-state index contributed by atoms with van der Waals surface area (Å²) >= 11 is 6.25. The van der Waals surface area contributed by atoms with Crippen molar-refractivity contribution in [1.29, 1.82) is 0 Å². The van der Waals surface area contributed by atoms with Crippen LogP contribution in [0.5, 0.6) is 0 Å². The van der Waals surface area contributed by atoms with Gasteiger partial charge in [0.05, 0.1) is 29.3 Å². The minimum atomic E-state index is -0.478. The molecule has 0 spiro atoms. The zero-order valence-corrected chi connectivity index (χ0v) is 19.3. The maximum Gasteiger partial charge on any atom is 0.337 e. The molecular formula is C25H22ClN5O3. The first-order valence-electron chi connectivity index (χ1n) is 10.9. The number of piperazine rings is 1. The van der Waals surface area contributed by atoms with Crippen molar-refractivity contribution in [3.63, 3.8) is 0 Å². The second-order valence-corrected chi connectivity index (χ2v) is 8.35. The van der Waals surface area contributed by atoms with Gasteiger partial charge in [0.2, 0.25) is 5.95 Å².